The number of hydrogen-bond donors (Lipinski definition) is 1. The van der Waals surface area contributed by atoms with Crippen LogP contribution in [0.4, 0.5) is 5.69 Å². The number of carbonyl (C=O) groups excluding carboxylic acids is 1. The number of benzene rings is 2. The topological polar surface area (TPSA) is 85.1 Å². The van der Waals surface area contributed by atoms with Gasteiger partial charge in [0.05, 0.1) is 17.3 Å². The summed E-state index contributed by atoms with van der Waals surface area (Å²) in [5.41, 5.74) is 6.54. The highest BCUT2D eigenvalue weighted by atomic mass is 16.2. The lowest BCUT2D eigenvalue weighted by Gasteiger charge is -2.22. The van der Waals surface area contributed by atoms with Crippen molar-refractivity contribution in [2.45, 2.75) is 25.7 Å². The second-order valence-electron chi connectivity index (χ2n) is 8.87. The van der Waals surface area contributed by atoms with Gasteiger partial charge in [-0.05, 0) is 55.2 Å². The number of nitrogens with one attached hydrogen (secondary N) is 1. The van der Waals surface area contributed by atoms with E-state index in [4.69, 9.17) is 4.98 Å². The monoisotopic (exact) mass is 446 g/mol. The number of nitrogens with zero attached hydrogens (tertiary/aromatic N) is 5. The second kappa shape index (κ2) is 7.59. The van der Waals surface area contributed by atoms with E-state index in [2.05, 4.69) is 38.6 Å². The molecule has 0 fully saturated rings. The molecule has 1 aliphatic rings. The Hall–Kier alpha value is -4.39. The van der Waals surface area contributed by atoms with Crippen LogP contribution in [0.3, 0.4) is 0 Å². The minimum atomic E-state index is -0.659. The van der Waals surface area contributed by atoms with Crippen molar-refractivity contribution in [1.29, 1.82) is 0 Å². The quantitative estimate of drug-likeness (QED) is 0.436. The zero-order valence-electron chi connectivity index (χ0n) is 18.9. The summed E-state index contributed by atoms with van der Waals surface area (Å²) in [6.07, 6.45) is 7.88. The molecular weight excluding hydrogens is 424 g/mol. The molecule has 4 heterocycles. The van der Waals surface area contributed by atoms with Gasteiger partial charge in [0.2, 0.25) is 5.91 Å². The molecule has 2 aromatic carbocycles. The highest BCUT2D eigenvalue weighted by molar-refractivity contribution is 6.06. The molecule has 3 aromatic heterocycles. The van der Waals surface area contributed by atoms with E-state index < -0.39 is 5.41 Å². The summed E-state index contributed by atoms with van der Waals surface area (Å²) >= 11 is 0. The van der Waals surface area contributed by atoms with E-state index in [1.54, 1.807) is 16.9 Å². The maximum atomic E-state index is 13.0. The van der Waals surface area contributed by atoms with E-state index in [1.165, 1.54) is 0 Å². The first-order valence-electron chi connectivity index (χ1n) is 11.1. The third-order valence-corrected chi connectivity index (χ3v) is 6.52. The first-order chi connectivity index (χ1) is 16.5. The van der Waals surface area contributed by atoms with Gasteiger partial charge < -0.3 is 5.32 Å². The summed E-state index contributed by atoms with van der Waals surface area (Å²) in [6, 6.07) is 18.1. The number of aryl methyl sites for hydroxylation is 1. The standard InChI is InChI=1S/C27H22N6O/c1-17-28-14-20(15-29-17)23-10-11-33-25(31-23)21(16-30-33)19-8-9-24-22(12-19)27(2,26(34)32-24)13-18-6-4-3-5-7-18/h3-12,14-16H,13H2,1-2H3,(H,32,34)/t27-/m0/s1. The molecule has 6 rings (SSSR count). The smallest absolute Gasteiger partial charge is 0.235 e. The Balaban J connectivity index is 1.44. The van der Waals surface area contributed by atoms with E-state index in [0.717, 1.165) is 50.7 Å². The summed E-state index contributed by atoms with van der Waals surface area (Å²) in [4.78, 5) is 26.5. The Bertz CT molecular complexity index is 1540. The number of hydrogen-bond acceptors (Lipinski definition) is 5. The first-order valence-corrected chi connectivity index (χ1v) is 11.1. The predicted octanol–water partition coefficient (Wildman–Crippen LogP) is 4.61. The molecule has 7 heteroatoms. The molecule has 166 valence electrons. The molecule has 0 unspecified atom stereocenters. The Morgan fingerprint density at radius 1 is 0.971 bits per heavy atom. The van der Waals surface area contributed by atoms with E-state index in [9.17, 15) is 4.79 Å². The van der Waals surface area contributed by atoms with Gasteiger partial charge in [-0.25, -0.2) is 19.5 Å². The van der Waals surface area contributed by atoms with Crippen LogP contribution in [0, 0.1) is 6.92 Å². The summed E-state index contributed by atoms with van der Waals surface area (Å²) in [6.45, 7) is 3.86. The Morgan fingerprint density at radius 3 is 2.56 bits per heavy atom. The Labute approximate surface area is 196 Å². The molecule has 0 bridgehead atoms. The zero-order chi connectivity index (χ0) is 23.3. The molecule has 0 spiro atoms. The van der Waals surface area contributed by atoms with Crippen LogP contribution in [-0.2, 0) is 16.6 Å². The molecule has 0 radical (unpaired) electrons. The first kappa shape index (κ1) is 20.2. The molecule has 34 heavy (non-hydrogen) atoms. The third kappa shape index (κ3) is 3.25. The van der Waals surface area contributed by atoms with Gasteiger partial charge in [-0.2, -0.15) is 5.10 Å². The molecule has 1 N–H and O–H groups in total. The van der Waals surface area contributed by atoms with Gasteiger partial charge >= 0.3 is 0 Å². The van der Waals surface area contributed by atoms with Crippen molar-refractivity contribution in [2.75, 3.05) is 5.32 Å². The van der Waals surface area contributed by atoms with E-state index >= 15 is 0 Å². The fraction of sp³-hybridized carbons (Fsp3) is 0.148. The number of anilines is 1. The molecule has 1 atom stereocenters. The minimum Gasteiger partial charge on any atom is -0.325 e. The van der Waals surface area contributed by atoms with E-state index in [1.807, 2.05) is 62.6 Å². The lowest BCUT2D eigenvalue weighted by Crippen LogP contribution is -2.33. The molecule has 0 aliphatic carbocycles. The van der Waals surface area contributed by atoms with Crippen molar-refractivity contribution < 1.29 is 4.79 Å². The Morgan fingerprint density at radius 2 is 1.76 bits per heavy atom. The van der Waals surface area contributed by atoms with Crippen LogP contribution in [0.1, 0.15) is 23.9 Å². The molecule has 0 saturated heterocycles. The van der Waals surface area contributed by atoms with Gasteiger partial charge in [-0.3, -0.25) is 4.79 Å². The molecule has 0 saturated carbocycles. The van der Waals surface area contributed by atoms with Crippen molar-refractivity contribution in [3.05, 3.63) is 96.3 Å². The molecular formula is C27H22N6O. The van der Waals surface area contributed by atoms with Gasteiger partial charge in [0.15, 0.2) is 5.65 Å². The number of carbonyl (C=O) groups is 1. The largest absolute Gasteiger partial charge is 0.325 e. The van der Waals surface area contributed by atoms with Crippen LogP contribution in [0.25, 0.3) is 28.0 Å². The molecule has 5 aromatic rings. The fourth-order valence-corrected chi connectivity index (χ4v) is 4.60. The Kier molecular flexibility index (Phi) is 4.52. The van der Waals surface area contributed by atoms with Crippen LogP contribution in [0.15, 0.2) is 79.4 Å². The predicted molar refractivity (Wildman–Crippen MR) is 130 cm³/mol. The fourth-order valence-electron chi connectivity index (χ4n) is 4.60. The normalized spacial score (nSPS) is 17.1. The van der Waals surface area contributed by atoms with Crippen LogP contribution >= 0.6 is 0 Å². The number of fused-ring (bicyclic) bond motifs is 2. The minimum absolute atomic E-state index is 0.0168. The van der Waals surface area contributed by atoms with Crippen molar-refractivity contribution >= 4 is 17.2 Å². The van der Waals surface area contributed by atoms with Crippen LogP contribution < -0.4 is 5.32 Å². The zero-order valence-corrected chi connectivity index (χ0v) is 18.9. The maximum absolute atomic E-state index is 13.0. The van der Waals surface area contributed by atoms with Crippen LogP contribution in [0.5, 0.6) is 0 Å². The highest BCUT2D eigenvalue weighted by Crippen LogP contribution is 2.42. The third-order valence-electron chi connectivity index (χ3n) is 6.52. The van der Waals surface area contributed by atoms with E-state index in [-0.39, 0.29) is 5.91 Å². The molecule has 7 nitrogen and oxygen atoms in total. The van der Waals surface area contributed by atoms with E-state index in [0.29, 0.717) is 6.42 Å². The van der Waals surface area contributed by atoms with Crippen molar-refractivity contribution in [3.63, 3.8) is 0 Å². The lowest BCUT2D eigenvalue weighted by atomic mass is 9.77. The van der Waals surface area contributed by atoms with Crippen LogP contribution in [0.2, 0.25) is 0 Å². The number of amides is 1. The van der Waals surface area contributed by atoms with Gasteiger partial charge in [0.25, 0.3) is 0 Å². The van der Waals surface area contributed by atoms with Gasteiger partial charge in [0.1, 0.15) is 5.82 Å². The van der Waals surface area contributed by atoms with Crippen molar-refractivity contribution in [3.8, 4) is 22.4 Å². The maximum Gasteiger partial charge on any atom is 0.235 e. The van der Waals surface area contributed by atoms with Gasteiger partial charge in [-0.15, -0.1) is 0 Å². The van der Waals surface area contributed by atoms with Crippen LogP contribution in [-0.4, -0.2) is 30.5 Å². The molecule has 1 amide bonds. The molecule has 1 aliphatic heterocycles. The number of aromatic nitrogens is 5. The van der Waals surface area contributed by atoms with Gasteiger partial charge in [-0.1, -0.05) is 36.4 Å². The highest BCUT2D eigenvalue weighted by Gasteiger charge is 2.42. The number of rotatable bonds is 4. The lowest BCUT2D eigenvalue weighted by molar-refractivity contribution is -0.120. The summed E-state index contributed by atoms with van der Waals surface area (Å²) in [7, 11) is 0. The summed E-state index contributed by atoms with van der Waals surface area (Å²) in [5.74, 6) is 0.734. The average Bonchev–Trinajstić information content (AvgIpc) is 3.38. The van der Waals surface area contributed by atoms with Gasteiger partial charge in [0, 0.05) is 35.4 Å². The summed E-state index contributed by atoms with van der Waals surface area (Å²) in [5, 5.41) is 7.56. The SMILES string of the molecule is Cc1ncc(-c2ccn3ncc(-c4ccc5c(c4)[C@](C)(Cc4ccccc4)C(=O)N5)c3n2)cn1. The second-order valence-corrected chi connectivity index (χ2v) is 8.87. The summed E-state index contributed by atoms with van der Waals surface area (Å²) < 4.78 is 1.76. The average molecular weight is 447 g/mol. The van der Waals surface area contributed by atoms with Crippen molar-refractivity contribution in [2.24, 2.45) is 0 Å². The van der Waals surface area contributed by atoms with Crippen molar-refractivity contribution in [1.82, 2.24) is 24.6 Å².